The highest BCUT2D eigenvalue weighted by atomic mass is 28.4. The van der Waals surface area contributed by atoms with Crippen LogP contribution >= 0.6 is 0 Å². The van der Waals surface area contributed by atoms with Crippen molar-refractivity contribution in [2.24, 2.45) is 0 Å². The molecule has 0 heterocycles. The molecule has 0 saturated carbocycles. The average molecular weight is 301 g/mol. The third-order valence-corrected chi connectivity index (χ3v) is 5.70. The van der Waals surface area contributed by atoms with Gasteiger partial charge in [-0.3, -0.25) is 0 Å². The standard InChI is InChI=1S/C14H24O3Si.H4Si/c1-4-15-18(16-5-2,17-6-3)13-12-14-10-8-7-9-11-14;/h7-11H,4-6,12-13H2,1-3H3;1H4. The van der Waals surface area contributed by atoms with Crippen LogP contribution in [0, 0.1) is 0 Å². The van der Waals surface area contributed by atoms with Gasteiger partial charge in [-0.05, 0) is 43.7 Å². The van der Waals surface area contributed by atoms with Crippen LogP contribution < -0.4 is 0 Å². The predicted octanol–water partition coefficient (Wildman–Crippen LogP) is 1.83. The molecular formula is C14H28O3Si2. The number of aryl methyl sites for hydroxylation is 1. The largest absolute Gasteiger partial charge is 0.501 e. The van der Waals surface area contributed by atoms with Gasteiger partial charge < -0.3 is 13.3 Å². The number of hydrogen-bond donors (Lipinski definition) is 0. The number of rotatable bonds is 9. The Labute approximate surface area is 122 Å². The normalized spacial score (nSPS) is 11.1. The maximum atomic E-state index is 5.83. The van der Waals surface area contributed by atoms with E-state index in [1.54, 1.807) is 0 Å². The molecule has 0 aromatic heterocycles. The summed E-state index contributed by atoms with van der Waals surface area (Å²) >= 11 is 0. The van der Waals surface area contributed by atoms with Gasteiger partial charge in [0.1, 0.15) is 0 Å². The summed E-state index contributed by atoms with van der Waals surface area (Å²) in [5.74, 6) is 0. The summed E-state index contributed by atoms with van der Waals surface area (Å²) in [5.41, 5.74) is 1.30. The molecule has 0 atom stereocenters. The summed E-state index contributed by atoms with van der Waals surface area (Å²) in [4.78, 5) is 0. The monoisotopic (exact) mass is 300 g/mol. The molecule has 5 heteroatoms. The molecule has 1 aromatic carbocycles. The summed E-state index contributed by atoms with van der Waals surface area (Å²) in [6.45, 7) is 7.88. The third kappa shape index (κ3) is 6.49. The van der Waals surface area contributed by atoms with Crippen molar-refractivity contribution >= 4 is 19.8 Å². The van der Waals surface area contributed by atoms with Crippen LogP contribution in [-0.2, 0) is 19.7 Å². The summed E-state index contributed by atoms with van der Waals surface area (Å²) in [6, 6.07) is 11.2. The van der Waals surface area contributed by atoms with Gasteiger partial charge in [0.25, 0.3) is 0 Å². The minimum atomic E-state index is -2.48. The molecule has 0 unspecified atom stereocenters. The van der Waals surface area contributed by atoms with Gasteiger partial charge in [-0.15, -0.1) is 0 Å². The Hall–Kier alpha value is -0.466. The Balaban J connectivity index is 0.00000324. The Morgan fingerprint density at radius 3 is 1.74 bits per heavy atom. The zero-order valence-corrected chi connectivity index (χ0v) is 12.6. The molecular weight excluding hydrogens is 272 g/mol. The second kappa shape index (κ2) is 10.3. The maximum absolute atomic E-state index is 5.83. The molecule has 0 aliphatic carbocycles. The van der Waals surface area contributed by atoms with Gasteiger partial charge in [0.05, 0.1) is 0 Å². The van der Waals surface area contributed by atoms with Gasteiger partial charge in [0.15, 0.2) is 0 Å². The first kappa shape index (κ1) is 18.5. The molecule has 1 rings (SSSR count). The van der Waals surface area contributed by atoms with E-state index in [0.29, 0.717) is 19.8 Å². The van der Waals surface area contributed by atoms with E-state index < -0.39 is 8.80 Å². The lowest BCUT2D eigenvalue weighted by atomic mass is 10.2. The predicted molar refractivity (Wildman–Crippen MR) is 86.9 cm³/mol. The molecule has 0 N–H and O–H groups in total. The summed E-state index contributed by atoms with van der Waals surface area (Å²) in [6.07, 6.45) is 0.938. The quantitative estimate of drug-likeness (QED) is 0.651. The van der Waals surface area contributed by atoms with Gasteiger partial charge in [0, 0.05) is 25.9 Å². The third-order valence-electron chi connectivity index (χ3n) is 2.66. The van der Waals surface area contributed by atoms with Crippen LogP contribution in [0.5, 0.6) is 0 Å². The van der Waals surface area contributed by atoms with E-state index in [1.807, 2.05) is 26.8 Å². The van der Waals surface area contributed by atoms with Gasteiger partial charge in [0.2, 0.25) is 0 Å². The fourth-order valence-electron chi connectivity index (χ4n) is 1.94. The molecule has 0 aliphatic rings. The molecule has 0 spiro atoms. The Bertz CT molecular complexity index is 303. The van der Waals surface area contributed by atoms with Crippen molar-refractivity contribution in [3.05, 3.63) is 35.9 Å². The molecule has 0 amide bonds. The van der Waals surface area contributed by atoms with Crippen LogP contribution in [0.4, 0.5) is 0 Å². The van der Waals surface area contributed by atoms with Crippen LogP contribution in [0.1, 0.15) is 26.3 Å². The first-order valence-electron chi connectivity index (χ1n) is 6.72. The topological polar surface area (TPSA) is 27.7 Å². The van der Waals surface area contributed by atoms with Crippen LogP contribution in [0.3, 0.4) is 0 Å². The summed E-state index contributed by atoms with van der Waals surface area (Å²) in [7, 11) is -2.48. The van der Waals surface area contributed by atoms with Crippen molar-refractivity contribution in [3.8, 4) is 0 Å². The molecule has 0 saturated heterocycles. The van der Waals surface area contributed by atoms with E-state index in [4.69, 9.17) is 13.3 Å². The zero-order chi connectivity index (χ0) is 13.3. The minimum Gasteiger partial charge on any atom is -0.374 e. The Morgan fingerprint density at radius 2 is 1.32 bits per heavy atom. The lowest BCUT2D eigenvalue weighted by molar-refractivity contribution is 0.0714. The fraction of sp³-hybridized carbons (Fsp3) is 0.571. The SMILES string of the molecule is CCO[Si](CCc1ccccc1)(OCC)OCC.[SiH4]. The van der Waals surface area contributed by atoms with Crippen LogP contribution in [0.25, 0.3) is 0 Å². The van der Waals surface area contributed by atoms with E-state index in [-0.39, 0.29) is 11.0 Å². The second-order valence-electron chi connectivity index (χ2n) is 3.97. The van der Waals surface area contributed by atoms with E-state index in [1.165, 1.54) is 5.56 Å². The summed E-state index contributed by atoms with van der Waals surface area (Å²) < 4.78 is 17.5. The zero-order valence-electron chi connectivity index (χ0n) is 11.6. The van der Waals surface area contributed by atoms with Crippen LogP contribution in [0.2, 0.25) is 6.04 Å². The van der Waals surface area contributed by atoms with Gasteiger partial charge >= 0.3 is 8.80 Å². The van der Waals surface area contributed by atoms with Gasteiger partial charge in [-0.25, -0.2) is 0 Å². The van der Waals surface area contributed by atoms with E-state index in [0.717, 1.165) is 12.5 Å². The molecule has 0 aliphatic heterocycles. The molecule has 110 valence electrons. The highest BCUT2D eigenvalue weighted by molar-refractivity contribution is 6.60. The second-order valence-corrected chi connectivity index (χ2v) is 6.70. The van der Waals surface area contributed by atoms with Crippen molar-refractivity contribution in [1.29, 1.82) is 0 Å². The first-order valence-corrected chi connectivity index (χ1v) is 8.65. The highest BCUT2D eigenvalue weighted by Crippen LogP contribution is 2.19. The van der Waals surface area contributed by atoms with Crippen molar-refractivity contribution in [1.82, 2.24) is 0 Å². The Kier molecular flexibility index (Phi) is 10.1. The van der Waals surface area contributed by atoms with Crippen molar-refractivity contribution < 1.29 is 13.3 Å². The van der Waals surface area contributed by atoms with Crippen molar-refractivity contribution in [2.75, 3.05) is 19.8 Å². The van der Waals surface area contributed by atoms with E-state index in [2.05, 4.69) is 24.3 Å². The van der Waals surface area contributed by atoms with Gasteiger partial charge in [-0.1, -0.05) is 30.3 Å². The molecule has 0 bridgehead atoms. The maximum Gasteiger partial charge on any atom is 0.501 e. The first-order chi connectivity index (χ1) is 8.76. The average Bonchev–Trinajstić information content (AvgIpc) is 2.39. The fourth-order valence-corrected chi connectivity index (χ4v) is 4.54. The molecule has 19 heavy (non-hydrogen) atoms. The van der Waals surface area contributed by atoms with E-state index in [9.17, 15) is 0 Å². The van der Waals surface area contributed by atoms with E-state index >= 15 is 0 Å². The van der Waals surface area contributed by atoms with Crippen molar-refractivity contribution in [2.45, 2.75) is 33.2 Å². The summed E-state index contributed by atoms with van der Waals surface area (Å²) in [5, 5.41) is 0. The smallest absolute Gasteiger partial charge is 0.374 e. The molecule has 0 fully saturated rings. The molecule has 0 radical (unpaired) electrons. The molecule has 1 aromatic rings. The van der Waals surface area contributed by atoms with Crippen LogP contribution in [0.15, 0.2) is 30.3 Å². The number of benzene rings is 1. The molecule has 3 nitrogen and oxygen atoms in total. The highest BCUT2D eigenvalue weighted by Gasteiger charge is 2.39. The Morgan fingerprint density at radius 1 is 0.842 bits per heavy atom. The lowest BCUT2D eigenvalue weighted by Crippen LogP contribution is -2.46. The van der Waals surface area contributed by atoms with Crippen molar-refractivity contribution in [3.63, 3.8) is 0 Å². The van der Waals surface area contributed by atoms with Gasteiger partial charge in [-0.2, -0.15) is 0 Å². The minimum absolute atomic E-state index is 0. The number of hydrogen-bond acceptors (Lipinski definition) is 3. The van der Waals surface area contributed by atoms with Crippen LogP contribution in [-0.4, -0.2) is 39.6 Å². The lowest BCUT2D eigenvalue weighted by Gasteiger charge is -2.28.